The monoisotopic (exact) mass is 212 g/mol. The van der Waals surface area contributed by atoms with Gasteiger partial charge in [0.25, 0.3) is 0 Å². The Labute approximate surface area is 90.7 Å². The van der Waals surface area contributed by atoms with Crippen molar-refractivity contribution in [3.8, 4) is 0 Å². The van der Waals surface area contributed by atoms with Gasteiger partial charge in [-0.25, -0.2) is 0 Å². The summed E-state index contributed by atoms with van der Waals surface area (Å²) < 4.78 is 0. The minimum Gasteiger partial charge on any atom is -0.306 e. The number of hydrogen-bond donors (Lipinski definition) is 1. The molecule has 1 atom stereocenters. The van der Waals surface area contributed by atoms with Crippen molar-refractivity contribution >= 4 is 11.6 Å². The molecule has 0 amide bonds. The van der Waals surface area contributed by atoms with E-state index in [1.54, 1.807) is 6.20 Å². The van der Waals surface area contributed by atoms with Gasteiger partial charge >= 0.3 is 0 Å². The van der Waals surface area contributed by atoms with Gasteiger partial charge in [0.2, 0.25) is 0 Å². The van der Waals surface area contributed by atoms with Crippen LogP contribution in [0.1, 0.15) is 26.3 Å². The van der Waals surface area contributed by atoms with Crippen molar-refractivity contribution in [1.29, 1.82) is 0 Å². The largest absolute Gasteiger partial charge is 0.306 e. The second-order valence-electron chi connectivity index (χ2n) is 4.05. The lowest BCUT2D eigenvalue weighted by Gasteiger charge is -2.29. The molecular weight excluding hydrogens is 196 g/mol. The molecule has 0 fully saturated rings. The van der Waals surface area contributed by atoms with E-state index < -0.39 is 0 Å². The summed E-state index contributed by atoms with van der Waals surface area (Å²) in [5.41, 5.74) is 1.12. The molecule has 0 aliphatic heterocycles. The number of rotatable bonds is 4. The number of pyridine rings is 1. The lowest BCUT2D eigenvalue weighted by molar-refractivity contribution is 0.380. The second kappa shape index (κ2) is 4.76. The SMILES string of the molecule is CC(Cl)C(C)(C)NCc1cccnc1. The highest BCUT2D eigenvalue weighted by Gasteiger charge is 2.22. The highest BCUT2D eigenvalue weighted by atomic mass is 35.5. The third-order valence-electron chi connectivity index (χ3n) is 2.47. The van der Waals surface area contributed by atoms with Crippen LogP contribution in [-0.4, -0.2) is 15.9 Å². The van der Waals surface area contributed by atoms with E-state index in [1.807, 2.05) is 19.2 Å². The summed E-state index contributed by atoms with van der Waals surface area (Å²) in [6.45, 7) is 7.00. The average Bonchev–Trinajstić information content (AvgIpc) is 2.16. The van der Waals surface area contributed by atoms with E-state index in [1.165, 1.54) is 5.56 Å². The van der Waals surface area contributed by atoms with Gasteiger partial charge in [-0.05, 0) is 32.4 Å². The molecule has 2 nitrogen and oxygen atoms in total. The molecule has 14 heavy (non-hydrogen) atoms. The first-order valence-electron chi connectivity index (χ1n) is 4.80. The maximum atomic E-state index is 6.06. The number of hydrogen-bond acceptors (Lipinski definition) is 2. The van der Waals surface area contributed by atoms with Crippen molar-refractivity contribution < 1.29 is 0 Å². The molecule has 1 unspecified atom stereocenters. The van der Waals surface area contributed by atoms with Crippen LogP contribution >= 0.6 is 11.6 Å². The molecule has 3 heteroatoms. The molecule has 0 saturated heterocycles. The quantitative estimate of drug-likeness (QED) is 0.777. The van der Waals surface area contributed by atoms with Gasteiger partial charge in [-0.3, -0.25) is 4.98 Å². The highest BCUT2D eigenvalue weighted by molar-refractivity contribution is 6.21. The molecule has 0 bridgehead atoms. The fraction of sp³-hybridized carbons (Fsp3) is 0.545. The lowest BCUT2D eigenvalue weighted by atomic mass is 10.0. The third kappa shape index (κ3) is 3.28. The van der Waals surface area contributed by atoms with Crippen LogP contribution in [-0.2, 0) is 6.54 Å². The summed E-state index contributed by atoms with van der Waals surface area (Å²) in [5.74, 6) is 0. The summed E-state index contributed by atoms with van der Waals surface area (Å²) in [4.78, 5) is 4.06. The predicted octanol–water partition coefficient (Wildman–Crippen LogP) is 2.58. The summed E-state index contributed by atoms with van der Waals surface area (Å²) in [6, 6.07) is 3.99. The molecule has 0 spiro atoms. The van der Waals surface area contributed by atoms with E-state index in [2.05, 4.69) is 30.2 Å². The van der Waals surface area contributed by atoms with E-state index in [0.717, 1.165) is 6.54 Å². The molecule has 0 aromatic carbocycles. The minimum absolute atomic E-state index is 0.0581. The molecule has 0 radical (unpaired) electrons. The zero-order valence-corrected chi connectivity index (χ0v) is 9.67. The van der Waals surface area contributed by atoms with Crippen LogP contribution in [0.2, 0.25) is 0 Å². The number of nitrogens with one attached hydrogen (secondary N) is 1. The van der Waals surface area contributed by atoms with Crippen LogP contribution in [0.4, 0.5) is 0 Å². The molecule has 0 aliphatic carbocycles. The molecular formula is C11H17ClN2. The first-order valence-corrected chi connectivity index (χ1v) is 5.24. The molecule has 0 aliphatic rings. The van der Waals surface area contributed by atoms with E-state index in [4.69, 9.17) is 11.6 Å². The molecule has 1 N–H and O–H groups in total. The first kappa shape index (κ1) is 11.5. The maximum absolute atomic E-state index is 6.06. The average molecular weight is 213 g/mol. The van der Waals surface area contributed by atoms with Crippen LogP contribution in [0.25, 0.3) is 0 Å². The van der Waals surface area contributed by atoms with Gasteiger partial charge in [-0.2, -0.15) is 0 Å². The van der Waals surface area contributed by atoms with Gasteiger partial charge in [0, 0.05) is 29.9 Å². The number of alkyl halides is 1. The van der Waals surface area contributed by atoms with Gasteiger partial charge in [0.15, 0.2) is 0 Å². The van der Waals surface area contributed by atoms with Crippen molar-refractivity contribution in [1.82, 2.24) is 10.3 Å². The minimum atomic E-state index is -0.0581. The van der Waals surface area contributed by atoms with Crippen LogP contribution in [0, 0.1) is 0 Å². The Morgan fingerprint density at radius 3 is 2.79 bits per heavy atom. The van der Waals surface area contributed by atoms with Gasteiger partial charge in [-0.15, -0.1) is 11.6 Å². The second-order valence-corrected chi connectivity index (χ2v) is 4.71. The maximum Gasteiger partial charge on any atom is 0.0484 e. The Balaban J connectivity index is 2.49. The molecule has 1 rings (SSSR count). The molecule has 78 valence electrons. The lowest BCUT2D eigenvalue weighted by Crippen LogP contribution is -2.45. The number of halogens is 1. The van der Waals surface area contributed by atoms with Crippen LogP contribution in [0.3, 0.4) is 0 Å². The summed E-state index contributed by atoms with van der Waals surface area (Å²) >= 11 is 6.06. The summed E-state index contributed by atoms with van der Waals surface area (Å²) in [5, 5.41) is 3.50. The van der Waals surface area contributed by atoms with Crippen LogP contribution in [0.15, 0.2) is 24.5 Å². The number of aromatic nitrogens is 1. The topological polar surface area (TPSA) is 24.9 Å². The van der Waals surface area contributed by atoms with Gasteiger partial charge in [0.05, 0.1) is 0 Å². The van der Waals surface area contributed by atoms with Crippen molar-refractivity contribution in [2.45, 2.75) is 38.2 Å². The van der Waals surface area contributed by atoms with E-state index in [-0.39, 0.29) is 10.9 Å². The molecule has 1 aromatic rings. The smallest absolute Gasteiger partial charge is 0.0484 e. The predicted molar refractivity (Wildman–Crippen MR) is 60.5 cm³/mol. The third-order valence-corrected chi connectivity index (χ3v) is 3.01. The Morgan fingerprint density at radius 2 is 2.29 bits per heavy atom. The van der Waals surface area contributed by atoms with Crippen molar-refractivity contribution in [3.63, 3.8) is 0 Å². The van der Waals surface area contributed by atoms with E-state index in [0.29, 0.717) is 0 Å². The number of nitrogens with zero attached hydrogens (tertiary/aromatic N) is 1. The highest BCUT2D eigenvalue weighted by Crippen LogP contribution is 2.15. The van der Waals surface area contributed by atoms with Crippen molar-refractivity contribution in [3.05, 3.63) is 30.1 Å². The fourth-order valence-corrected chi connectivity index (χ4v) is 1.05. The summed E-state index contributed by atoms with van der Waals surface area (Å²) in [6.07, 6.45) is 3.64. The zero-order valence-electron chi connectivity index (χ0n) is 8.92. The molecule has 1 heterocycles. The van der Waals surface area contributed by atoms with E-state index in [9.17, 15) is 0 Å². The first-order chi connectivity index (χ1) is 6.52. The van der Waals surface area contributed by atoms with Crippen molar-refractivity contribution in [2.24, 2.45) is 0 Å². The van der Waals surface area contributed by atoms with E-state index >= 15 is 0 Å². The molecule has 0 saturated carbocycles. The Kier molecular flexibility index (Phi) is 3.90. The van der Waals surface area contributed by atoms with Crippen LogP contribution in [0.5, 0.6) is 0 Å². The Bertz CT molecular complexity index is 270. The fourth-order valence-electron chi connectivity index (χ4n) is 0.973. The van der Waals surface area contributed by atoms with Gasteiger partial charge in [-0.1, -0.05) is 6.07 Å². The summed E-state index contributed by atoms with van der Waals surface area (Å²) in [7, 11) is 0. The van der Waals surface area contributed by atoms with Gasteiger partial charge < -0.3 is 5.32 Å². The van der Waals surface area contributed by atoms with Gasteiger partial charge in [0.1, 0.15) is 0 Å². The standard InChI is InChI=1S/C11H17ClN2/c1-9(12)11(2,3)14-8-10-5-4-6-13-7-10/h4-7,9,14H,8H2,1-3H3. The normalized spacial score (nSPS) is 14.0. The van der Waals surface area contributed by atoms with Crippen LogP contribution < -0.4 is 5.32 Å². The zero-order chi connectivity index (χ0) is 10.6. The Hall–Kier alpha value is -0.600. The van der Waals surface area contributed by atoms with Crippen molar-refractivity contribution in [2.75, 3.05) is 0 Å². The Morgan fingerprint density at radius 1 is 1.57 bits per heavy atom. The molecule has 1 aromatic heterocycles.